The molecule has 0 aliphatic carbocycles. The quantitative estimate of drug-likeness (QED) is 0.0705. The Balaban J connectivity index is 1.98. The third-order valence-corrected chi connectivity index (χ3v) is 10.2. The molecule has 54 heavy (non-hydrogen) atoms. The molecule has 3 aromatic rings. The lowest BCUT2D eigenvalue weighted by Crippen LogP contribution is -2.36. The second kappa shape index (κ2) is 17.5. The Morgan fingerprint density at radius 3 is 2.02 bits per heavy atom. The fourth-order valence-electron chi connectivity index (χ4n) is 5.77. The molecule has 14 heteroatoms. The van der Waals surface area contributed by atoms with Gasteiger partial charge in [0.1, 0.15) is 10.8 Å². The van der Waals surface area contributed by atoms with Gasteiger partial charge in [0.25, 0.3) is 6.47 Å². The zero-order chi connectivity index (χ0) is 40.2. The first-order valence-electron chi connectivity index (χ1n) is 17.5. The molecule has 1 amide bonds. The Morgan fingerprint density at radius 1 is 0.815 bits per heavy atom. The molecular formula is C40H45Cl4NO9. The summed E-state index contributed by atoms with van der Waals surface area (Å²) < 4.78 is 24.4. The maximum absolute atomic E-state index is 13.4. The van der Waals surface area contributed by atoms with Crippen molar-refractivity contribution in [2.45, 2.75) is 92.6 Å². The number of aliphatic hydroxyl groups is 1. The molecule has 0 saturated carbocycles. The lowest BCUT2D eigenvalue weighted by atomic mass is 9.76. The van der Waals surface area contributed by atoms with Gasteiger partial charge in [-0.3, -0.25) is 19.2 Å². The van der Waals surface area contributed by atoms with Crippen LogP contribution in [0.5, 0.6) is 23.0 Å². The number of aryl methyl sites for hydroxylation is 1. The highest BCUT2D eigenvalue weighted by atomic mass is 35.5. The maximum Gasteiger partial charge on any atom is 0.316 e. The van der Waals surface area contributed by atoms with Crippen molar-refractivity contribution < 1.29 is 43.2 Å². The molecule has 1 aliphatic rings. The van der Waals surface area contributed by atoms with Crippen molar-refractivity contribution in [2.75, 3.05) is 13.2 Å². The Bertz CT molecular complexity index is 1930. The van der Waals surface area contributed by atoms with Gasteiger partial charge >= 0.3 is 11.9 Å². The van der Waals surface area contributed by atoms with Crippen LogP contribution in [0.2, 0.25) is 20.1 Å². The summed E-state index contributed by atoms with van der Waals surface area (Å²) >= 11 is 26.9. The van der Waals surface area contributed by atoms with Crippen LogP contribution in [-0.2, 0) is 35.9 Å². The van der Waals surface area contributed by atoms with Crippen molar-refractivity contribution in [3.8, 4) is 23.0 Å². The monoisotopic (exact) mass is 823 g/mol. The van der Waals surface area contributed by atoms with E-state index < -0.39 is 28.4 Å². The Labute approximate surface area is 335 Å². The van der Waals surface area contributed by atoms with E-state index in [2.05, 4.69) is 5.32 Å². The highest BCUT2D eigenvalue weighted by Gasteiger charge is 2.50. The van der Waals surface area contributed by atoms with Crippen LogP contribution in [0, 0.1) is 17.8 Å². The first kappa shape index (κ1) is 43.2. The first-order chi connectivity index (χ1) is 25.3. The normalized spacial score (nSPS) is 15.0. The summed E-state index contributed by atoms with van der Waals surface area (Å²) in [5, 5.41) is 12.2. The number of fused-ring (bicyclic) bond motifs is 2. The van der Waals surface area contributed by atoms with E-state index in [1.54, 1.807) is 60.6 Å². The van der Waals surface area contributed by atoms with Crippen LogP contribution >= 0.6 is 46.4 Å². The number of halogens is 4. The summed E-state index contributed by atoms with van der Waals surface area (Å²) in [6.07, 6.45) is 3.20. The van der Waals surface area contributed by atoms with Gasteiger partial charge in [0, 0.05) is 41.8 Å². The molecule has 0 radical (unpaired) electrons. The Kier molecular flexibility index (Phi) is 14.0. The van der Waals surface area contributed by atoms with Gasteiger partial charge in [0.2, 0.25) is 5.91 Å². The topological polar surface area (TPSA) is 137 Å². The first-order valence-corrected chi connectivity index (χ1v) is 19.1. The number of hydrogen-bond donors (Lipinski definition) is 2. The fraction of sp³-hybridized carbons (Fsp3) is 0.450. The van der Waals surface area contributed by atoms with Gasteiger partial charge in [-0.2, -0.15) is 0 Å². The van der Waals surface area contributed by atoms with Crippen molar-refractivity contribution in [3.63, 3.8) is 0 Å². The summed E-state index contributed by atoms with van der Waals surface area (Å²) in [5.74, 6) is -1.39. The summed E-state index contributed by atoms with van der Waals surface area (Å²) in [7, 11) is 0. The highest BCUT2D eigenvalue weighted by molar-refractivity contribution is 6.42. The second-order valence-electron chi connectivity index (χ2n) is 15.1. The van der Waals surface area contributed by atoms with E-state index in [0.29, 0.717) is 24.1 Å². The van der Waals surface area contributed by atoms with Crippen LogP contribution in [-0.4, -0.2) is 42.6 Å². The molecule has 0 spiro atoms. The molecule has 0 fully saturated rings. The Hall–Kier alpha value is -3.54. The molecular weight excluding hydrogens is 780 g/mol. The van der Waals surface area contributed by atoms with Crippen molar-refractivity contribution in [3.05, 3.63) is 78.2 Å². The van der Waals surface area contributed by atoms with Gasteiger partial charge < -0.3 is 29.4 Å². The van der Waals surface area contributed by atoms with Crippen LogP contribution < -0.4 is 19.5 Å². The molecule has 0 aromatic heterocycles. The second-order valence-corrected chi connectivity index (χ2v) is 16.7. The SMILES string of the molecule is Cc1c(OC(=O)C(C)(C)C)c(Cl)cc2c1Oc1c(cc(CCC(=O)NCCCCCCO)c(OC(=O)C(C)(C)C)c1Cl)C2(OC=O)c1ccc(Cl)c(Cl)c1. The third kappa shape index (κ3) is 9.28. The molecule has 1 heterocycles. The number of hydrogen-bond acceptors (Lipinski definition) is 9. The van der Waals surface area contributed by atoms with Crippen LogP contribution in [0.4, 0.5) is 0 Å². The number of nitrogens with one attached hydrogen (secondary N) is 1. The number of aliphatic hydroxyl groups excluding tert-OH is 1. The maximum atomic E-state index is 13.4. The molecule has 0 saturated heterocycles. The van der Waals surface area contributed by atoms with Crippen LogP contribution in [0.1, 0.15) is 101 Å². The van der Waals surface area contributed by atoms with E-state index in [-0.39, 0.29) is 91.6 Å². The van der Waals surface area contributed by atoms with Crippen LogP contribution in [0.25, 0.3) is 0 Å². The minimum Gasteiger partial charge on any atom is -0.454 e. The lowest BCUT2D eigenvalue weighted by molar-refractivity contribution is -0.143. The molecule has 1 unspecified atom stereocenters. The predicted octanol–water partition coefficient (Wildman–Crippen LogP) is 9.68. The summed E-state index contributed by atoms with van der Waals surface area (Å²) in [6.45, 7) is 12.6. The van der Waals surface area contributed by atoms with Crippen molar-refractivity contribution in [1.82, 2.24) is 5.32 Å². The number of rotatable bonds is 14. The zero-order valence-electron chi connectivity index (χ0n) is 31.3. The number of carbonyl (C=O) groups is 4. The average molecular weight is 826 g/mol. The molecule has 2 N–H and O–H groups in total. The average Bonchev–Trinajstić information content (AvgIpc) is 3.09. The van der Waals surface area contributed by atoms with Gasteiger partial charge in [-0.15, -0.1) is 0 Å². The van der Waals surface area contributed by atoms with Crippen molar-refractivity contribution in [1.29, 1.82) is 0 Å². The smallest absolute Gasteiger partial charge is 0.316 e. The predicted molar refractivity (Wildman–Crippen MR) is 208 cm³/mol. The summed E-state index contributed by atoms with van der Waals surface area (Å²) in [6, 6.07) is 7.76. The van der Waals surface area contributed by atoms with Gasteiger partial charge in [-0.1, -0.05) is 65.3 Å². The summed E-state index contributed by atoms with van der Waals surface area (Å²) in [4.78, 5) is 52.0. The van der Waals surface area contributed by atoms with Gasteiger partial charge in [-0.25, -0.2) is 0 Å². The van der Waals surface area contributed by atoms with E-state index in [4.69, 9.17) is 70.5 Å². The molecule has 1 atom stereocenters. The lowest BCUT2D eigenvalue weighted by Gasteiger charge is -2.40. The number of esters is 2. The van der Waals surface area contributed by atoms with E-state index >= 15 is 0 Å². The minimum absolute atomic E-state index is 0.00891. The molecule has 10 nitrogen and oxygen atoms in total. The van der Waals surface area contributed by atoms with Gasteiger partial charge in [-0.05, 0) is 97.6 Å². The standard InChI is InChI=1S/C40H45Cl4NO9/c1-22-32-26(20-29(43)33(22)53-36(49)38(2,3)4)40(51-21-47,24-13-14-27(41)28(42)19-24)25-18-23(12-15-30(48)45-16-10-8-9-11-17-46)34(31(44)35(25)52-32)54-37(50)39(5,6)7/h13-14,18-21,46H,8-12,15-17H2,1-7H3,(H,45,48). The van der Waals surface area contributed by atoms with E-state index in [0.717, 1.165) is 19.3 Å². The highest BCUT2D eigenvalue weighted by Crippen LogP contribution is 2.59. The zero-order valence-corrected chi connectivity index (χ0v) is 34.4. The molecule has 3 aromatic carbocycles. The number of amides is 1. The van der Waals surface area contributed by atoms with Crippen molar-refractivity contribution in [2.24, 2.45) is 10.8 Å². The molecule has 292 valence electrons. The summed E-state index contributed by atoms with van der Waals surface area (Å²) in [5.41, 5.74) is -2.30. The minimum atomic E-state index is -1.86. The van der Waals surface area contributed by atoms with E-state index in [9.17, 15) is 19.2 Å². The largest absolute Gasteiger partial charge is 0.454 e. The van der Waals surface area contributed by atoms with Crippen molar-refractivity contribution >= 4 is 70.7 Å². The Morgan fingerprint density at radius 2 is 1.43 bits per heavy atom. The fourth-order valence-corrected chi connectivity index (χ4v) is 6.66. The molecule has 4 rings (SSSR count). The van der Waals surface area contributed by atoms with Crippen LogP contribution in [0.15, 0.2) is 30.3 Å². The van der Waals surface area contributed by atoms with E-state index in [1.165, 1.54) is 18.2 Å². The number of ether oxygens (including phenoxy) is 4. The van der Waals surface area contributed by atoms with E-state index in [1.807, 2.05) is 0 Å². The molecule has 1 aliphatic heterocycles. The third-order valence-electron chi connectivity index (χ3n) is 8.82. The van der Waals surface area contributed by atoms with Crippen LogP contribution in [0.3, 0.4) is 0 Å². The molecule has 0 bridgehead atoms. The number of benzene rings is 3. The van der Waals surface area contributed by atoms with Gasteiger partial charge in [0.05, 0.1) is 25.9 Å². The van der Waals surface area contributed by atoms with Gasteiger partial charge in [0.15, 0.2) is 22.8 Å². The number of unbranched alkanes of at least 4 members (excludes halogenated alkanes) is 3. The number of carbonyl (C=O) groups excluding carboxylic acids is 4.